The summed E-state index contributed by atoms with van der Waals surface area (Å²) in [5.74, 6) is 0.697. The molecule has 0 aliphatic carbocycles. The van der Waals surface area contributed by atoms with Gasteiger partial charge in [-0.3, -0.25) is 0 Å². The molecule has 1 aliphatic heterocycles. The fourth-order valence-corrected chi connectivity index (χ4v) is 2.49. The van der Waals surface area contributed by atoms with E-state index in [0.29, 0.717) is 11.3 Å². The largest absolute Gasteiger partial charge is 0.444 e. The maximum atomic E-state index is 11.9. The van der Waals surface area contributed by atoms with Crippen LogP contribution in [0.3, 0.4) is 0 Å². The molecule has 0 saturated carbocycles. The van der Waals surface area contributed by atoms with E-state index in [1.54, 1.807) is 4.90 Å². The highest BCUT2D eigenvalue weighted by molar-refractivity contribution is 6.17. The number of carbonyl (C=O) groups is 1. The first-order valence-electron chi connectivity index (χ1n) is 6.30. The van der Waals surface area contributed by atoms with Crippen molar-refractivity contribution in [2.45, 2.75) is 52.6 Å². The van der Waals surface area contributed by atoms with E-state index in [2.05, 4.69) is 6.92 Å². The number of ether oxygens (including phenoxy) is 1. The monoisotopic (exact) mass is 261 g/mol. The van der Waals surface area contributed by atoms with Gasteiger partial charge in [0, 0.05) is 19.0 Å². The molecule has 0 aromatic rings. The van der Waals surface area contributed by atoms with Gasteiger partial charge in [-0.25, -0.2) is 4.79 Å². The van der Waals surface area contributed by atoms with Gasteiger partial charge in [-0.15, -0.1) is 11.6 Å². The van der Waals surface area contributed by atoms with E-state index in [1.165, 1.54) is 0 Å². The van der Waals surface area contributed by atoms with Gasteiger partial charge in [-0.05, 0) is 45.4 Å². The van der Waals surface area contributed by atoms with Crippen LogP contribution in [0.25, 0.3) is 0 Å². The van der Waals surface area contributed by atoms with Gasteiger partial charge in [0.2, 0.25) is 0 Å². The van der Waals surface area contributed by atoms with Gasteiger partial charge in [0.05, 0.1) is 0 Å². The van der Waals surface area contributed by atoms with Gasteiger partial charge in [-0.2, -0.15) is 0 Å². The lowest BCUT2D eigenvalue weighted by Gasteiger charge is -2.39. The third-order valence-electron chi connectivity index (χ3n) is 3.32. The molecule has 1 saturated heterocycles. The Morgan fingerprint density at radius 1 is 1.35 bits per heavy atom. The Morgan fingerprint density at radius 3 is 2.29 bits per heavy atom. The first kappa shape index (κ1) is 14.6. The van der Waals surface area contributed by atoms with Gasteiger partial charge >= 0.3 is 6.09 Å². The summed E-state index contributed by atoms with van der Waals surface area (Å²) in [6.07, 6.45) is 2.86. The minimum atomic E-state index is -0.409. The molecule has 1 heterocycles. The second-order valence-corrected chi connectivity index (χ2v) is 6.59. The zero-order valence-electron chi connectivity index (χ0n) is 11.4. The number of rotatable bonds is 2. The van der Waals surface area contributed by atoms with Crippen LogP contribution in [0.1, 0.15) is 47.0 Å². The summed E-state index contributed by atoms with van der Waals surface area (Å²) < 4.78 is 5.37. The number of likely N-dealkylation sites (tertiary alicyclic amines) is 1. The van der Waals surface area contributed by atoms with E-state index < -0.39 is 5.60 Å². The highest BCUT2D eigenvalue weighted by Crippen LogP contribution is 2.34. The van der Waals surface area contributed by atoms with Crippen molar-refractivity contribution in [2.75, 3.05) is 19.0 Å². The zero-order valence-corrected chi connectivity index (χ0v) is 12.1. The quantitative estimate of drug-likeness (QED) is 0.710. The van der Waals surface area contributed by atoms with Crippen LogP contribution < -0.4 is 0 Å². The van der Waals surface area contributed by atoms with Crippen molar-refractivity contribution >= 4 is 17.7 Å². The minimum absolute atomic E-state index is 0.189. The third kappa shape index (κ3) is 4.74. The summed E-state index contributed by atoms with van der Waals surface area (Å²) in [6, 6.07) is 0. The van der Waals surface area contributed by atoms with Gasteiger partial charge < -0.3 is 9.64 Å². The van der Waals surface area contributed by atoms with E-state index in [0.717, 1.165) is 32.4 Å². The summed E-state index contributed by atoms with van der Waals surface area (Å²) in [5.41, 5.74) is -0.117. The Balaban J connectivity index is 2.44. The number of hydrogen-bond acceptors (Lipinski definition) is 2. The predicted octanol–water partition coefficient (Wildman–Crippen LogP) is 3.65. The summed E-state index contributed by atoms with van der Waals surface area (Å²) in [7, 11) is 0. The number of carbonyl (C=O) groups excluding carboxylic acids is 1. The fraction of sp³-hybridized carbons (Fsp3) is 0.923. The molecule has 0 radical (unpaired) electrons. The van der Waals surface area contributed by atoms with E-state index in [4.69, 9.17) is 16.3 Å². The van der Waals surface area contributed by atoms with E-state index in [-0.39, 0.29) is 6.09 Å². The first-order chi connectivity index (χ1) is 7.76. The Morgan fingerprint density at radius 2 is 1.88 bits per heavy atom. The van der Waals surface area contributed by atoms with Crippen LogP contribution in [-0.4, -0.2) is 35.6 Å². The van der Waals surface area contributed by atoms with Crippen LogP contribution in [0.5, 0.6) is 0 Å². The van der Waals surface area contributed by atoms with Crippen molar-refractivity contribution < 1.29 is 9.53 Å². The number of nitrogens with zero attached hydrogens (tertiary/aromatic N) is 1. The minimum Gasteiger partial charge on any atom is -0.444 e. The van der Waals surface area contributed by atoms with Crippen LogP contribution >= 0.6 is 11.6 Å². The molecular formula is C13H24ClNO2. The van der Waals surface area contributed by atoms with Gasteiger partial charge in [0.1, 0.15) is 5.60 Å². The normalized spacial score (nSPS) is 20.2. The molecule has 0 aromatic heterocycles. The van der Waals surface area contributed by atoms with Crippen molar-refractivity contribution in [3.63, 3.8) is 0 Å². The Kier molecular flexibility index (Phi) is 4.70. The molecule has 17 heavy (non-hydrogen) atoms. The molecule has 1 rings (SSSR count). The van der Waals surface area contributed by atoms with Crippen LogP contribution in [0.4, 0.5) is 4.79 Å². The van der Waals surface area contributed by atoms with Crippen molar-refractivity contribution in [2.24, 2.45) is 5.41 Å². The molecule has 4 heteroatoms. The molecule has 100 valence electrons. The summed E-state index contributed by atoms with van der Waals surface area (Å²) >= 11 is 5.81. The molecule has 1 fully saturated rings. The number of amides is 1. The molecule has 0 unspecified atom stereocenters. The van der Waals surface area contributed by atoms with Crippen molar-refractivity contribution in [3.05, 3.63) is 0 Å². The Hall–Kier alpha value is -0.440. The number of hydrogen-bond donors (Lipinski definition) is 0. The molecule has 0 N–H and O–H groups in total. The van der Waals surface area contributed by atoms with Crippen molar-refractivity contribution in [1.29, 1.82) is 0 Å². The summed E-state index contributed by atoms with van der Waals surface area (Å²) in [6.45, 7) is 9.50. The van der Waals surface area contributed by atoms with Crippen LogP contribution in [0, 0.1) is 5.41 Å². The Labute approximate surface area is 109 Å². The maximum absolute atomic E-state index is 11.9. The topological polar surface area (TPSA) is 29.5 Å². The summed E-state index contributed by atoms with van der Waals surface area (Å²) in [5, 5.41) is 0. The fourth-order valence-electron chi connectivity index (χ4n) is 2.03. The molecule has 0 aromatic carbocycles. The number of alkyl halides is 1. The van der Waals surface area contributed by atoms with Crippen molar-refractivity contribution in [3.8, 4) is 0 Å². The molecule has 3 nitrogen and oxygen atoms in total. The molecule has 0 spiro atoms. The first-order valence-corrected chi connectivity index (χ1v) is 6.83. The third-order valence-corrected chi connectivity index (χ3v) is 3.51. The van der Waals surface area contributed by atoms with Crippen molar-refractivity contribution in [1.82, 2.24) is 4.90 Å². The second-order valence-electron chi connectivity index (χ2n) is 6.22. The van der Waals surface area contributed by atoms with Crippen LogP contribution in [-0.2, 0) is 4.74 Å². The summed E-state index contributed by atoms with van der Waals surface area (Å²) in [4.78, 5) is 13.7. The smallest absolute Gasteiger partial charge is 0.410 e. The van der Waals surface area contributed by atoms with E-state index in [9.17, 15) is 4.79 Å². The average Bonchev–Trinajstić information content (AvgIpc) is 2.15. The van der Waals surface area contributed by atoms with Gasteiger partial charge in [0.15, 0.2) is 0 Å². The predicted molar refractivity (Wildman–Crippen MR) is 70.5 cm³/mol. The molecule has 1 amide bonds. The highest BCUT2D eigenvalue weighted by Gasteiger charge is 2.32. The highest BCUT2D eigenvalue weighted by atomic mass is 35.5. The molecular weight excluding hydrogens is 238 g/mol. The lowest BCUT2D eigenvalue weighted by molar-refractivity contribution is 0.0116. The molecule has 0 bridgehead atoms. The Bertz CT molecular complexity index is 265. The SMILES string of the molecule is CC1(CCCl)CCN(C(=O)OC(C)(C)C)CC1. The average molecular weight is 262 g/mol. The zero-order chi connectivity index (χ0) is 13.1. The lowest BCUT2D eigenvalue weighted by Crippen LogP contribution is -2.44. The maximum Gasteiger partial charge on any atom is 0.410 e. The molecule has 0 atom stereocenters. The standard InChI is InChI=1S/C13H24ClNO2/c1-12(2,3)17-11(16)15-9-6-13(4,5-8-14)7-10-15/h5-10H2,1-4H3. The lowest BCUT2D eigenvalue weighted by atomic mass is 9.78. The second kappa shape index (κ2) is 5.47. The van der Waals surface area contributed by atoms with Gasteiger partial charge in [0.25, 0.3) is 0 Å². The van der Waals surface area contributed by atoms with Crippen LogP contribution in [0.15, 0.2) is 0 Å². The molecule has 1 aliphatic rings. The number of piperidine rings is 1. The van der Waals surface area contributed by atoms with Gasteiger partial charge in [-0.1, -0.05) is 6.92 Å². The van der Waals surface area contributed by atoms with E-state index in [1.807, 2.05) is 20.8 Å². The van der Waals surface area contributed by atoms with Crippen LogP contribution in [0.2, 0.25) is 0 Å². The van der Waals surface area contributed by atoms with E-state index >= 15 is 0 Å². The number of halogens is 1.